The summed E-state index contributed by atoms with van der Waals surface area (Å²) in [5, 5.41) is 17.1. The van der Waals surface area contributed by atoms with Gasteiger partial charge >= 0.3 is 0 Å². The Morgan fingerprint density at radius 2 is 2.05 bits per heavy atom. The van der Waals surface area contributed by atoms with Crippen molar-refractivity contribution >= 4 is 34.4 Å². The van der Waals surface area contributed by atoms with Crippen molar-refractivity contribution < 1.29 is 5.11 Å². The van der Waals surface area contributed by atoms with Gasteiger partial charge in [-0.15, -0.1) is 0 Å². The third kappa shape index (κ3) is 3.77. The first-order valence-electron chi connectivity index (χ1n) is 7.10. The number of para-hydroxylation sites is 1. The molecule has 5 nitrogen and oxygen atoms in total. The molecule has 2 aromatic rings. The van der Waals surface area contributed by atoms with E-state index in [1.807, 2.05) is 37.4 Å². The van der Waals surface area contributed by atoms with E-state index in [0.717, 1.165) is 23.3 Å². The van der Waals surface area contributed by atoms with Gasteiger partial charge < -0.3 is 15.7 Å². The first kappa shape index (κ1) is 15.9. The maximum absolute atomic E-state index is 9.42. The lowest BCUT2D eigenvalue weighted by molar-refractivity contribution is 0.288. The van der Waals surface area contributed by atoms with E-state index in [-0.39, 0.29) is 17.9 Å². The zero-order valence-electron chi connectivity index (χ0n) is 12.6. The molecule has 0 bridgehead atoms. The Kier molecular flexibility index (Phi) is 5.64. The first-order valence-corrected chi connectivity index (χ1v) is 8.39. The van der Waals surface area contributed by atoms with Gasteiger partial charge in [0.25, 0.3) is 0 Å². The quantitative estimate of drug-likeness (QED) is 0.730. The number of aromatic nitrogens is 2. The number of thioether (sulfide) groups is 1. The van der Waals surface area contributed by atoms with Crippen LogP contribution in [0.5, 0.6) is 0 Å². The number of hydrogen-bond acceptors (Lipinski definition) is 6. The number of aliphatic hydroxyl groups is 1. The average Bonchev–Trinajstić information content (AvgIpc) is 2.49. The van der Waals surface area contributed by atoms with Crippen LogP contribution in [0.3, 0.4) is 0 Å². The lowest BCUT2D eigenvalue weighted by Crippen LogP contribution is -2.31. The molecule has 0 spiro atoms. The number of nitrogens with zero attached hydrogens (tertiary/aromatic N) is 2. The maximum Gasteiger partial charge on any atom is 0.225 e. The molecule has 1 heterocycles. The molecule has 1 aromatic heterocycles. The van der Waals surface area contributed by atoms with Gasteiger partial charge in [-0.1, -0.05) is 12.1 Å². The van der Waals surface area contributed by atoms with Gasteiger partial charge in [-0.05, 0) is 32.2 Å². The lowest BCUT2D eigenvalue weighted by atomic mass is 10.2. The fourth-order valence-electron chi connectivity index (χ4n) is 2.17. The summed E-state index contributed by atoms with van der Waals surface area (Å²) in [5.74, 6) is 1.42. The van der Waals surface area contributed by atoms with Crippen LogP contribution >= 0.6 is 11.8 Å². The van der Waals surface area contributed by atoms with Crippen molar-refractivity contribution in [2.45, 2.75) is 25.1 Å². The Morgan fingerprint density at radius 1 is 1.29 bits per heavy atom. The van der Waals surface area contributed by atoms with Crippen molar-refractivity contribution in [2.75, 3.05) is 30.0 Å². The maximum atomic E-state index is 9.42. The van der Waals surface area contributed by atoms with Gasteiger partial charge in [0.15, 0.2) is 0 Å². The summed E-state index contributed by atoms with van der Waals surface area (Å²) in [6.07, 6.45) is 2.00. The van der Waals surface area contributed by atoms with Gasteiger partial charge in [0.2, 0.25) is 5.95 Å². The molecule has 0 aliphatic rings. The second-order valence-corrected chi connectivity index (χ2v) is 5.91. The third-order valence-electron chi connectivity index (χ3n) is 3.34. The molecular weight excluding hydrogens is 284 g/mol. The first-order chi connectivity index (χ1) is 10.2. The normalized spacial score (nSPS) is 13.9. The van der Waals surface area contributed by atoms with E-state index in [1.165, 1.54) is 0 Å². The minimum absolute atomic E-state index is 0.109. The van der Waals surface area contributed by atoms with Crippen LogP contribution in [0.1, 0.15) is 13.8 Å². The average molecular weight is 306 g/mol. The second kappa shape index (κ2) is 7.47. The fourth-order valence-corrected chi connectivity index (χ4v) is 2.79. The standard InChI is InChI=1S/C15H22N4OS/c1-4-16-15-18-12-8-6-5-7-11(12)14(19-15)17-10(2)13(9-20)21-3/h5-8,10,13,20H,4,9H2,1-3H3,(H2,16,17,18,19). The van der Waals surface area contributed by atoms with Crippen LogP contribution in [-0.4, -0.2) is 45.8 Å². The van der Waals surface area contributed by atoms with Crippen molar-refractivity contribution in [3.05, 3.63) is 24.3 Å². The predicted octanol–water partition coefficient (Wildman–Crippen LogP) is 2.59. The van der Waals surface area contributed by atoms with Crippen LogP contribution in [0, 0.1) is 0 Å². The van der Waals surface area contributed by atoms with Crippen LogP contribution in [0.2, 0.25) is 0 Å². The van der Waals surface area contributed by atoms with Gasteiger partial charge in [-0.25, -0.2) is 4.98 Å². The minimum Gasteiger partial charge on any atom is -0.395 e. The molecule has 21 heavy (non-hydrogen) atoms. The number of rotatable bonds is 7. The van der Waals surface area contributed by atoms with Crippen molar-refractivity contribution in [3.63, 3.8) is 0 Å². The molecule has 0 aliphatic carbocycles. The topological polar surface area (TPSA) is 70.1 Å². The zero-order chi connectivity index (χ0) is 15.2. The molecule has 2 unspecified atom stereocenters. The molecule has 6 heteroatoms. The van der Waals surface area contributed by atoms with Crippen LogP contribution < -0.4 is 10.6 Å². The van der Waals surface area contributed by atoms with E-state index >= 15 is 0 Å². The number of hydrogen-bond donors (Lipinski definition) is 3. The van der Waals surface area contributed by atoms with Crippen LogP contribution in [0.4, 0.5) is 11.8 Å². The van der Waals surface area contributed by atoms with E-state index in [2.05, 4.69) is 27.5 Å². The van der Waals surface area contributed by atoms with E-state index in [9.17, 15) is 5.11 Å². The Hall–Kier alpha value is -1.53. The molecule has 0 saturated carbocycles. The van der Waals surface area contributed by atoms with Crippen LogP contribution in [-0.2, 0) is 0 Å². The number of anilines is 2. The predicted molar refractivity (Wildman–Crippen MR) is 91.2 cm³/mol. The van der Waals surface area contributed by atoms with E-state index in [4.69, 9.17) is 0 Å². The zero-order valence-corrected chi connectivity index (χ0v) is 13.4. The number of fused-ring (bicyclic) bond motifs is 1. The summed E-state index contributed by atoms with van der Waals surface area (Å²) in [5.41, 5.74) is 0.905. The third-order valence-corrected chi connectivity index (χ3v) is 4.51. The highest BCUT2D eigenvalue weighted by Crippen LogP contribution is 2.24. The fraction of sp³-hybridized carbons (Fsp3) is 0.467. The summed E-state index contributed by atoms with van der Waals surface area (Å²) < 4.78 is 0. The highest BCUT2D eigenvalue weighted by atomic mass is 32.2. The van der Waals surface area contributed by atoms with Gasteiger partial charge in [-0.2, -0.15) is 16.7 Å². The molecule has 3 N–H and O–H groups in total. The van der Waals surface area contributed by atoms with Crippen molar-refractivity contribution in [2.24, 2.45) is 0 Å². The summed E-state index contributed by atoms with van der Waals surface area (Å²) in [6, 6.07) is 8.04. The van der Waals surface area contributed by atoms with Crippen LogP contribution in [0.25, 0.3) is 10.9 Å². The molecule has 0 amide bonds. The Labute approximate surface area is 129 Å². The van der Waals surface area contributed by atoms with Crippen molar-refractivity contribution in [3.8, 4) is 0 Å². The molecule has 114 valence electrons. The smallest absolute Gasteiger partial charge is 0.225 e. The molecule has 1 aromatic carbocycles. The highest BCUT2D eigenvalue weighted by Gasteiger charge is 2.17. The van der Waals surface area contributed by atoms with Crippen LogP contribution in [0.15, 0.2) is 24.3 Å². The Balaban J connectivity index is 2.36. The van der Waals surface area contributed by atoms with E-state index < -0.39 is 0 Å². The Morgan fingerprint density at radius 3 is 2.71 bits per heavy atom. The molecule has 2 rings (SSSR count). The molecular formula is C15H22N4OS. The number of aliphatic hydroxyl groups excluding tert-OH is 1. The summed E-state index contributed by atoms with van der Waals surface area (Å²) >= 11 is 1.65. The minimum atomic E-state index is 0.109. The van der Waals surface area contributed by atoms with Crippen molar-refractivity contribution in [1.82, 2.24) is 9.97 Å². The van der Waals surface area contributed by atoms with E-state index in [0.29, 0.717) is 5.95 Å². The second-order valence-electron chi connectivity index (χ2n) is 4.83. The molecule has 2 atom stereocenters. The summed E-state index contributed by atoms with van der Waals surface area (Å²) in [4.78, 5) is 9.06. The summed E-state index contributed by atoms with van der Waals surface area (Å²) in [7, 11) is 0. The molecule has 0 fully saturated rings. The van der Waals surface area contributed by atoms with E-state index in [1.54, 1.807) is 11.8 Å². The lowest BCUT2D eigenvalue weighted by Gasteiger charge is -2.22. The summed E-state index contributed by atoms with van der Waals surface area (Å²) in [6.45, 7) is 4.99. The number of nitrogens with one attached hydrogen (secondary N) is 2. The molecule has 0 saturated heterocycles. The van der Waals surface area contributed by atoms with Gasteiger partial charge in [0.05, 0.1) is 12.1 Å². The Bertz CT molecular complexity index is 589. The van der Waals surface area contributed by atoms with Gasteiger partial charge in [0.1, 0.15) is 5.82 Å². The monoisotopic (exact) mass is 306 g/mol. The highest BCUT2D eigenvalue weighted by molar-refractivity contribution is 7.99. The number of benzene rings is 1. The van der Waals surface area contributed by atoms with Gasteiger partial charge in [0, 0.05) is 23.2 Å². The van der Waals surface area contributed by atoms with Crippen molar-refractivity contribution in [1.29, 1.82) is 0 Å². The SMILES string of the molecule is CCNc1nc(NC(C)C(CO)SC)c2ccccc2n1. The van der Waals surface area contributed by atoms with Gasteiger partial charge in [-0.3, -0.25) is 0 Å². The molecule has 0 radical (unpaired) electrons. The largest absolute Gasteiger partial charge is 0.395 e. The molecule has 0 aliphatic heterocycles.